The molecule has 0 spiro atoms. The molecule has 0 atom stereocenters. The fourth-order valence-corrected chi connectivity index (χ4v) is 1.95. The molecule has 0 saturated heterocycles. The van der Waals surface area contributed by atoms with E-state index in [0.29, 0.717) is 12.1 Å². The van der Waals surface area contributed by atoms with E-state index in [0.717, 1.165) is 12.0 Å². The number of aryl methyl sites for hydroxylation is 1. The number of carbonyl (C=O) groups is 1. The van der Waals surface area contributed by atoms with Crippen LogP contribution in [-0.2, 0) is 17.8 Å². The third-order valence-corrected chi connectivity index (χ3v) is 2.93. The Morgan fingerprint density at radius 2 is 2.19 bits per heavy atom. The number of aromatic nitrogens is 2. The summed E-state index contributed by atoms with van der Waals surface area (Å²) in [4.78, 5) is 26.9. The van der Waals surface area contributed by atoms with Gasteiger partial charge in [-0.3, -0.25) is 9.36 Å². The van der Waals surface area contributed by atoms with Gasteiger partial charge in [-0.05, 0) is 36.6 Å². The van der Waals surface area contributed by atoms with Gasteiger partial charge in [0.15, 0.2) is 0 Å². The summed E-state index contributed by atoms with van der Waals surface area (Å²) in [5.74, 6) is -0.288. The lowest BCUT2D eigenvalue weighted by Crippen LogP contribution is -2.28. The molecule has 0 aliphatic heterocycles. The van der Waals surface area contributed by atoms with Crippen molar-refractivity contribution in [3.63, 3.8) is 0 Å². The molecule has 0 saturated carbocycles. The van der Waals surface area contributed by atoms with Crippen molar-refractivity contribution in [2.75, 3.05) is 11.9 Å². The number of benzene rings is 1. The van der Waals surface area contributed by atoms with Gasteiger partial charge in [0.1, 0.15) is 6.54 Å². The molecule has 0 unspecified atom stereocenters. The summed E-state index contributed by atoms with van der Waals surface area (Å²) < 4.78 is 1.24. The van der Waals surface area contributed by atoms with Crippen molar-refractivity contribution < 1.29 is 9.90 Å². The predicted molar refractivity (Wildman–Crippen MR) is 79.0 cm³/mol. The Morgan fingerprint density at radius 1 is 1.33 bits per heavy atom. The number of aliphatic hydroxyl groups excluding tert-OH is 1. The molecule has 110 valence electrons. The maximum Gasteiger partial charge on any atom is 0.347 e. The zero-order valence-corrected chi connectivity index (χ0v) is 11.5. The van der Waals surface area contributed by atoms with Gasteiger partial charge in [0.2, 0.25) is 5.91 Å². The van der Waals surface area contributed by atoms with Crippen LogP contribution in [0.5, 0.6) is 0 Å². The molecule has 0 bridgehead atoms. The lowest BCUT2D eigenvalue weighted by molar-refractivity contribution is -0.116. The summed E-state index contributed by atoms with van der Waals surface area (Å²) in [6.45, 7) is 0.0635. The first kappa shape index (κ1) is 14.9. The molecule has 2 aromatic rings. The molecule has 21 heavy (non-hydrogen) atoms. The van der Waals surface area contributed by atoms with Gasteiger partial charge in [-0.1, -0.05) is 12.1 Å². The maximum absolute atomic E-state index is 11.9. The smallest absolute Gasteiger partial charge is 0.347 e. The van der Waals surface area contributed by atoms with Gasteiger partial charge >= 0.3 is 5.69 Å². The van der Waals surface area contributed by atoms with Crippen molar-refractivity contribution in [2.45, 2.75) is 19.4 Å². The van der Waals surface area contributed by atoms with Crippen molar-refractivity contribution in [2.24, 2.45) is 0 Å². The number of rotatable bonds is 6. The second-order valence-electron chi connectivity index (χ2n) is 4.61. The first-order valence-electron chi connectivity index (χ1n) is 6.70. The second-order valence-corrected chi connectivity index (χ2v) is 4.61. The van der Waals surface area contributed by atoms with Crippen LogP contribution in [0.3, 0.4) is 0 Å². The second kappa shape index (κ2) is 7.35. The largest absolute Gasteiger partial charge is 0.396 e. The monoisotopic (exact) mass is 287 g/mol. The van der Waals surface area contributed by atoms with Crippen LogP contribution in [0.2, 0.25) is 0 Å². The fraction of sp³-hybridized carbons (Fsp3) is 0.267. The number of nitrogens with zero attached hydrogens (tertiary/aromatic N) is 2. The van der Waals surface area contributed by atoms with E-state index in [-0.39, 0.29) is 19.1 Å². The van der Waals surface area contributed by atoms with Gasteiger partial charge in [0.05, 0.1) is 0 Å². The predicted octanol–water partition coefficient (Wildman–Crippen LogP) is 0.807. The number of aliphatic hydroxyl groups is 1. The van der Waals surface area contributed by atoms with Gasteiger partial charge in [0, 0.05) is 24.7 Å². The third kappa shape index (κ3) is 4.54. The summed E-state index contributed by atoms with van der Waals surface area (Å²) in [6, 6.07) is 9.03. The molecule has 0 radical (unpaired) electrons. The quantitative estimate of drug-likeness (QED) is 0.823. The lowest BCUT2D eigenvalue weighted by Gasteiger charge is -2.08. The summed E-state index contributed by atoms with van der Waals surface area (Å²) in [7, 11) is 0. The Kier molecular flexibility index (Phi) is 5.22. The Balaban J connectivity index is 1.99. The van der Waals surface area contributed by atoms with Gasteiger partial charge in [-0.25, -0.2) is 9.78 Å². The highest BCUT2D eigenvalue weighted by Gasteiger charge is 2.05. The van der Waals surface area contributed by atoms with Gasteiger partial charge in [0.25, 0.3) is 0 Å². The first-order valence-corrected chi connectivity index (χ1v) is 6.70. The van der Waals surface area contributed by atoms with Crippen LogP contribution in [0.4, 0.5) is 5.69 Å². The van der Waals surface area contributed by atoms with Crippen molar-refractivity contribution >= 4 is 11.6 Å². The highest BCUT2D eigenvalue weighted by Crippen LogP contribution is 2.12. The first-order chi connectivity index (χ1) is 10.2. The highest BCUT2D eigenvalue weighted by atomic mass is 16.3. The third-order valence-electron chi connectivity index (χ3n) is 2.93. The van der Waals surface area contributed by atoms with E-state index in [9.17, 15) is 9.59 Å². The Hall–Kier alpha value is -2.47. The van der Waals surface area contributed by atoms with Crippen LogP contribution >= 0.6 is 0 Å². The summed E-state index contributed by atoms with van der Waals surface area (Å²) in [6.07, 6.45) is 4.35. The van der Waals surface area contributed by atoms with Crippen LogP contribution in [0, 0.1) is 0 Å². The molecule has 6 nitrogen and oxygen atoms in total. The van der Waals surface area contributed by atoms with Gasteiger partial charge in [-0.2, -0.15) is 0 Å². The van der Waals surface area contributed by atoms with Crippen molar-refractivity contribution in [3.8, 4) is 0 Å². The Morgan fingerprint density at radius 3 is 2.95 bits per heavy atom. The molecule has 0 aliphatic carbocycles. The van der Waals surface area contributed by atoms with Crippen LogP contribution in [0.25, 0.3) is 0 Å². The minimum Gasteiger partial charge on any atom is -0.396 e. The van der Waals surface area contributed by atoms with E-state index >= 15 is 0 Å². The standard InChI is InChI=1S/C15H17N3O3/c19-9-2-5-12-4-1-6-13(10-12)17-14(20)11-18-8-3-7-16-15(18)21/h1,3-4,6-8,10,19H,2,5,9,11H2,(H,17,20). The normalized spacial score (nSPS) is 10.3. The topological polar surface area (TPSA) is 84.2 Å². The molecule has 2 N–H and O–H groups in total. The van der Waals surface area contributed by atoms with Gasteiger partial charge in [-0.15, -0.1) is 0 Å². The van der Waals surface area contributed by atoms with Crippen LogP contribution in [0.1, 0.15) is 12.0 Å². The summed E-state index contributed by atoms with van der Waals surface area (Å²) in [5.41, 5.74) is 1.26. The molecule has 1 aromatic carbocycles. The van der Waals surface area contributed by atoms with Crippen LogP contribution < -0.4 is 11.0 Å². The molecule has 6 heteroatoms. The van der Waals surface area contributed by atoms with E-state index in [1.807, 2.05) is 18.2 Å². The highest BCUT2D eigenvalue weighted by molar-refractivity contribution is 5.90. The van der Waals surface area contributed by atoms with Crippen molar-refractivity contribution in [3.05, 3.63) is 58.8 Å². The van der Waals surface area contributed by atoms with E-state index in [2.05, 4.69) is 10.3 Å². The number of amides is 1. The van der Waals surface area contributed by atoms with E-state index in [4.69, 9.17) is 5.11 Å². The minimum absolute atomic E-state index is 0.0759. The number of nitrogens with one attached hydrogen (secondary N) is 1. The Bertz CT molecular complexity index is 667. The van der Waals surface area contributed by atoms with E-state index in [1.54, 1.807) is 12.1 Å². The average molecular weight is 287 g/mol. The zero-order valence-electron chi connectivity index (χ0n) is 11.5. The molecule has 1 heterocycles. The van der Waals surface area contributed by atoms with E-state index < -0.39 is 5.69 Å². The number of carbonyl (C=O) groups excluding carboxylic acids is 1. The molecule has 1 amide bonds. The minimum atomic E-state index is -0.454. The fourth-order valence-electron chi connectivity index (χ4n) is 1.95. The number of anilines is 1. The summed E-state index contributed by atoms with van der Waals surface area (Å²) in [5, 5.41) is 11.6. The molecule has 0 aliphatic rings. The van der Waals surface area contributed by atoms with E-state index in [1.165, 1.54) is 17.0 Å². The number of hydrogen-bond donors (Lipinski definition) is 2. The summed E-state index contributed by atoms with van der Waals surface area (Å²) >= 11 is 0. The average Bonchev–Trinajstić information content (AvgIpc) is 2.48. The maximum atomic E-state index is 11.9. The molecule has 2 rings (SSSR count). The molecular weight excluding hydrogens is 270 g/mol. The van der Waals surface area contributed by atoms with Crippen molar-refractivity contribution in [1.82, 2.24) is 9.55 Å². The molecular formula is C15H17N3O3. The van der Waals surface area contributed by atoms with Crippen LogP contribution in [-0.4, -0.2) is 27.2 Å². The number of hydrogen-bond acceptors (Lipinski definition) is 4. The van der Waals surface area contributed by atoms with Crippen LogP contribution in [0.15, 0.2) is 47.5 Å². The zero-order chi connectivity index (χ0) is 15.1. The SMILES string of the molecule is O=C(Cn1cccnc1=O)Nc1cccc(CCCO)c1. The van der Waals surface area contributed by atoms with Crippen molar-refractivity contribution in [1.29, 1.82) is 0 Å². The Labute approximate surface area is 122 Å². The van der Waals surface area contributed by atoms with Gasteiger partial charge < -0.3 is 10.4 Å². The molecule has 1 aromatic heterocycles. The lowest BCUT2D eigenvalue weighted by atomic mass is 10.1. The molecule has 0 fully saturated rings.